The first-order valence-electron chi connectivity index (χ1n) is 15.9. The fourth-order valence-corrected chi connectivity index (χ4v) is 7.82. The van der Waals surface area contributed by atoms with E-state index in [9.17, 15) is 0 Å². The Balaban J connectivity index is 0.000000220. The Hall–Kier alpha value is -3.49. The molecular formula is C41H47NS. The van der Waals surface area contributed by atoms with E-state index < -0.39 is 0 Å². The molecule has 2 heteroatoms. The SMILES string of the molecule is CC(C)C.CCCc1ccc(C)cc1.Cc1ccc2c(c1)C1(C3=CCC(C)C=C3Sc3ccccc31)c1cc(N)ccc1-2. The number of fused-ring (bicyclic) bond motifs is 9. The van der Waals surface area contributed by atoms with Crippen LogP contribution in [0.3, 0.4) is 0 Å². The van der Waals surface area contributed by atoms with Crippen LogP contribution in [0.25, 0.3) is 11.1 Å². The van der Waals surface area contributed by atoms with Gasteiger partial charge in [0.1, 0.15) is 0 Å². The monoisotopic (exact) mass is 585 g/mol. The molecule has 1 nitrogen and oxygen atoms in total. The lowest BCUT2D eigenvalue weighted by molar-refractivity contribution is 0.676. The third kappa shape index (κ3) is 6.13. The third-order valence-electron chi connectivity index (χ3n) is 8.29. The molecule has 4 aromatic carbocycles. The molecule has 2 aliphatic carbocycles. The summed E-state index contributed by atoms with van der Waals surface area (Å²) < 4.78 is 0. The largest absolute Gasteiger partial charge is 0.399 e. The number of nitrogens with two attached hydrogens (primary N) is 1. The second-order valence-electron chi connectivity index (χ2n) is 13.0. The molecule has 1 spiro atoms. The van der Waals surface area contributed by atoms with Crippen molar-refractivity contribution >= 4 is 17.4 Å². The molecule has 222 valence electrons. The number of allylic oxidation sites excluding steroid dienone is 3. The lowest BCUT2D eigenvalue weighted by Gasteiger charge is -2.43. The molecule has 0 saturated heterocycles. The van der Waals surface area contributed by atoms with Crippen LogP contribution in [-0.2, 0) is 11.8 Å². The number of rotatable bonds is 2. The van der Waals surface area contributed by atoms with Gasteiger partial charge in [0.2, 0.25) is 0 Å². The molecule has 0 radical (unpaired) electrons. The first kappa shape index (κ1) is 31.0. The van der Waals surface area contributed by atoms with Gasteiger partial charge < -0.3 is 5.73 Å². The van der Waals surface area contributed by atoms with Crippen LogP contribution in [0.15, 0.2) is 112 Å². The van der Waals surface area contributed by atoms with E-state index in [1.54, 1.807) is 0 Å². The van der Waals surface area contributed by atoms with Gasteiger partial charge in [-0.1, -0.05) is 143 Å². The molecule has 1 heterocycles. The average Bonchev–Trinajstić information content (AvgIpc) is 3.23. The van der Waals surface area contributed by atoms with E-state index in [1.165, 1.54) is 72.7 Å². The van der Waals surface area contributed by atoms with Gasteiger partial charge in [0.05, 0.1) is 5.41 Å². The molecule has 2 unspecified atom stereocenters. The van der Waals surface area contributed by atoms with Gasteiger partial charge in [-0.3, -0.25) is 0 Å². The fraction of sp³-hybridized carbons (Fsp3) is 0.317. The lowest BCUT2D eigenvalue weighted by Crippen LogP contribution is -2.34. The molecule has 7 rings (SSSR count). The summed E-state index contributed by atoms with van der Waals surface area (Å²) >= 11 is 1.92. The number of hydrogen-bond acceptors (Lipinski definition) is 2. The summed E-state index contributed by atoms with van der Waals surface area (Å²) in [5.74, 6) is 1.40. The Morgan fingerprint density at radius 2 is 1.44 bits per heavy atom. The van der Waals surface area contributed by atoms with Crippen molar-refractivity contribution in [2.45, 2.75) is 78.0 Å². The van der Waals surface area contributed by atoms with Crippen molar-refractivity contribution in [1.82, 2.24) is 0 Å². The smallest absolute Gasteiger partial charge is 0.0733 e. The summed E-state index contributed by atoms with van der Waals surface area (Å²) in [5.41, 5.74) is 19.2. The van der Waals surface area contributed by atoms with Crippen molar-refractivity contribution in [3.8, 4) is 11.1 Å². The van der Waals surface area contributed by atoms with Crippen molar-refractivity contribution in [2.24, 2.45) is 11.8 Å². The topological polar surface area (TPSA) is 26.0 Å². The molecule has 0 amide bonds. The number of thioether (sulfide) groups is 1. The van der Waals surface area contributed by atoms with E-state index in [4.69, 9.17) is 5.73 Å². The Bertz CT molecular complexity index is 1600. The van der Waals surface area contributed by atoms with Crippen molar-refractivity contribution in [3.63, 3.8) is 0 Å². The van der Waals surface area contributed by atoms with Gasteiger partial charge in [0.25, 0.3) is 0 Å². The summed E-state index contributed by atoms with van der Waals surface area (Å²) in [7, 11) is 0. The Labute approximate surface area is 264 Å². The van der Waals surface area contributed by atoms with Crippen LogP contribution in [0.2, 0.25) is 0 Å². The molecule has 0 fully saturated rings. The van der Waals surface area contributed by atoms with Gasteiger partial charge in [-0.15, -0.1) is 0 Å². The molecule has 3 aliphatic rings. The zero-order chi connectivity index (χ0) is 30.7. The second-order valence-corrected chi connectivity index (χ2v) is 14.1. The number of anilines is 1. The van der Waals surface area contributed by atoms with E-state index in [-0.39, 0.29) is 5.41 Å². The Morgan fingerprint density at radius 1 is 0.814 bits per heavy atom. The molecule has 43 heavy (non-hydrogen) atoms. The molecular weight excluding hydrogens is 539 g/mol. The highest BCUT2D eigenvalue weighted by Crippen LogP contribution is 2.64. The van der Waals surface area contributed by atoms with Crippen LogP contribution < -0.4 is 5.73 Å². The minimum absolute atomic E-state index is 0.278. The predicted octanol–water partition coefficient (Wildman–Crippen LogP) is 11.5. The first-order valence-corrected chi connectivity index (χ1v) is 16.7. The highest BCUT2D eigenvalue weighted by atomic mass is 32.2. The minimum Gasteiger partial charge on any atom is -0.399 e. The predicted molar refractivity (Wildman–Crippen MR) is 189 cm³/mol. The molecule has 0 aromatic heterocycles. The van der Waals surface area contributed by atoms with Gasteiger partial charge in [-0.25, -0.2) is 0 Å². The van der Waals surface area contributed by atoms with Crippen LogP contribution in [0.4, 0.5) is 5.69 Å². The summed E-state index contributed by atoms with van der Waals surface area (Å²) in [5, 5.41) is 0. The quantitative estimate of drug-likeness (QED) is 0.237. The highest BCUT2D eigenvalue weighted by molar-refractivity contribution is 8.03. The van der Waals surface area contributed by atoms with Crippen LogP contribution in [-0.4, -0.2) is 0 Å². The van der Waals surface area contributed by atoms with Crippen LogP contribution in [0.1, 0.15) is 80.8 Å². The average molecular weight is 586 g/mol. The number of hydrogen-bond donors (Lipinski definition) is 1. The second kappa shape index (κ2) is 13.0. The maximum atomic E-state index is 6.36. The zero-order valence-electron chi connectivity index (χ0n) is 27.0. The normalized spacial score (nSPS) is 19.0. The standard InChI is InChI=1S/C27H23NS.C10H14.C4H10/c1-16-7-10-19-20-11-9-18(28)15-24(20)27(23(19)13-16)21-5-3-4-6-25(21)29-26-14-17(2)8-12-22(26)27;1-3-4-10-7-5-9(2)6-8-10;1-4(2)3/h3-7,9-15,17H,8,28H2,1-2H3;5-8H,3-4H2,1-2H3;4H,1-3H3. The van der Waals surface area contributed by atoms with Gasteiger partial charge in [-0.2, -0.15) is 0 Å². The minimum atomic E-state index is -0.278. The maximum Gasteiger partial charge on any atom is 0.0733 e. The van der Waals surface area contributed by atoms with Crippen molar-refractivity contribution in [1.29, 1.82) is 0 Å². The molecule has 2 atom stereocenters. The molecule has 0 saturated carbocycles. The summed E-state index contributed by atoms with van der Waals surface area (Å²) in [6, 6.07) is 31.1. The number of aryl methyl sites for hydroxylation is 3. The zero-order valence-corrected chi connectivity index (χ0v) is 27.8. The highest BCUT2D eigenvalue weighted by Gasteiger charge is 2.52. The fourth-order valence-electron chi connectivity index (χ4n) is 6.46. The summed E-state index contributed by atoms with van der Waals surface area (Å²) in [4.78, 5) is 2.76. The Morgan fingerprint density at radius 3 is 2.14 bits per heavy atom. The maximum absolute atomic E-state index is 6.36. The first-order chi connectivity index (χ1) is 20.6. The van der Waals surface area contributed by atoms with E-state index in [0.717, 1.165) is 18.0 Å². The lowest BCUT2D eigenvalue weighted by atomic mass is 9.65. The molecule has 2 N–H and O–H groups in total. The third-order valence-corrected chi connectivity index (χ3v) is 9.44. The van der Waals surface area contributed by atoms with E-state index in [2.05, 4.69) is 139 Å². The molecule has 0 bridgehead atoms. The van der Waals surface area contributed by atoms with Crippen LogP contribution in [0, 0.1) is 25.7 Å². The summed E-state index contributed by atoms with van der Waals surface area (Å²) in [6.07, 6.45) is 8.50. The number of nitrogen functional groups attached to an aromatic ring is 1. The Kier molecular flexibility index (Phi) is 9.37. The van der Waals surface area contributed by atoms with Gasteiger partial charge in [0.15, 0.2) is 0 Å². The van der Waals surface area contributed by atoms with Crippen molar-refractivity contribution in [3.05, 3.63) is 141 Å². The van der Waals surface area contributed by atoms with E-state index in [1.807, 2.05) is 17.8 Å². The molecule has 4 aromatic rings. The van der Waals surface area contributed by atoms with Crippen molar-refractivity contribution in [2.75, 3.05) is 5.73 Å². The molecule has 1 aliphatic heterocycles. The van der Waals surface area contributed by atoms with Gasteiger partial charge in [0, 0.05) is 15.5 Å². The van der Waals surface area contributed by atoms with Crippen molar-refractivity contribution < 1.29 is 0 Å². The summed E-state index contributed by atoms with van der Waals surface area (Å²) in [6.45, 7) is 15.3. The van der Waals surface area contributed by atoms with E-state index in [0.29, 0.717) is 5.92 Å². The van der Waals surface area contributed by atoms with Crippen LogP contribution >= 0.6 is 11.8 Å². The van der Waals surface area contributed by atoms with Crippen LogP contribution in [0.5, 0.6) is 0 Å². The van der Waals surface area contributed by atoms with E-state index >= 15 is 0 Å². The van der Waals surface area contributed by atoms with Gasteiger partial charge >= 0.3 is 0 Å². The van der Waals surface area contributed by atoms with Gasteiger partial charge in [-0.05, 0) is 95.7 Å². The number of benzene rings is 4.